The van der Waals surface area contributed by atoms with E-state index in [4.69, 9.17) is 21.6 Å². The number of hydrogen-bond donors (Lipinski definition) is 3. The van der Waals surface area contributed by atoms with Crippen LogP contribution in [0, 0.1) is 5.82 Å². The van der Waals surface area contributed by atoms with E-state index < -0.39 is 0 Å². The fourth-order valence-electron chi connectivity index (χ4n) is 2.96. The van der Waals surface area contributed by atoms with E-state index in [1.165, 1.54) is 16.8 Å². The van der Waals surface area contributed by atoms with E-state index in [0.29, 0.717) is 59.3 Å². The van der Waals surface area contributed by atoms with E-state index in [2.05, 4.69) is 15.1 Å². The Morgan fingerprint density at radius 2 is 1.93 bits per heavy atom. The smallest absolute Gasteiger partial charge is 0.256 e. The molecule has 138 valence electrons. The molecule has 0 saturated heterocycles. The molecule has 3 aromatic heterocycles. The number of aryl methyl sites for hydroxylation is 1. The van der Waals surface area contributed by atoms with Gasteiger partial charge in [-0.3, -0.25) is 0 Å². The highest BCUT2D eigenvalue weighted by atomic mass is 19.1. The van der Waals surface area contributed by atoms with Crippen LogP contribution in [-0.2, 0) is 12.8 Å². The zero-order valence-corrected chi connectivity index (χ0v) is 14.4. The van der Waals surface area contributed by atoms with Crippen LogP contribution >= 0.6 is 0 Å². The highest BCUT2D eigenvalue weighted by Gasteiger charge is 2.16. The maximum Gasteiger partial charge on any atom is 0.256 e. The van der Waals surface area contributed by atoms with Gasteiger partial charge in [0.25, 0.3) is 5.78 Å². The van der Waals surface area contributed by atoms with Crippen LogP contribution < -0.4 is 17.2 Å². The van der Waals surface area contributed by atoms with E-state index in [0.717, 1.165) is 0 Å². The van der Waals surface area contributed by atoms with E-state index in [1.807, 2.05) is 0 Å². The summed E-state index contributed by atoms with van der Waals surface area (Å²) in [6.45, 7) is 0. The van der Waals surface area contributed by atoms with E-state index in [-0.39, 0.29) is 11.6 Å². The van der Waals surface area contributed by atoms with Crippen molar-refractivity contribution >= 4 is 23.1 Å². The zero-order valence-electron chi connectivity index (χ0n) is 14.4. The van der Waals surface area contributed by atoms with Gasteiger partial charge in [0.1, 0.15) is 17.5 Å². The second kappa shape index (κ2) is 6.60. The third kappa shape index (κ3) is 3.14. The number of benzene rings is 1. The lowest BCUT2D eigenvalue weighted by molar-refractivity contribution is 0.577. The normalized spacial score (nSPS) is 11.3. The van der Waals surface area contributed by atoms with Gasteiger partial charge in [-0.2, -0.15) is 14.5 Å². The first-order valence-corrected chi connectivity index (χ1v) is 8.41. The van der Waals surface area contributed by atoms with Crippen LogP contribution in [-0.4, -0.2) is 19.6 Å². The molecule has 3 heterocycles. The lowest BCUT2D eigenvalue weighted by Crippen LogP contribution is -2.10. The predicted octanol–water partition coefficient (Wildman–Crippen LogP) is 2.45. The molecule has 0 saturated carbocycles. The highest BCUT2D eigenvalue weighted by Crippen LogP contribution is 2.24. The number of furan rings is 1. The molecule has 0 unspecified atom stereocenters. The SMILES string of the molecule is Nc1ccc(CCCc2c(N)nc3nc(-c4ccco4)nn3c2N)c(F)c1. The van der Waals surface area contributed by atoms with Crippen molar-refractivity contribution in [3.63, 3.8) is 0 Å². The van der Waals surface area contributed by atoms with Crippen molar-refractivity contribution in [2.75, 3.05) is 17.2 Å². The van der Waals surface area contributed by atoms with Crippen LogP contribution in [0.4, 0.5) is 21.7 Å². The van der Waals surface area contributed by atoms with Gasteiger partial charge in [-0.1, -0.05) is 6.07 Å². The van der Waals surface area contributed by atoms with Gasteiger partial charge >= 0.3 is 0 Å². The van der Waals surface area contributed by atoms with Gasteiger partial charge in [0.05, 0.1) is 6.26 Å². The molecular formula is C18H18FN7O. The summed E-state index contributed by atoms with van der Waals surface area (Å²) in [5.74, 6) is 1.52. The number of anilines is 3. The quantitative estimate of drug-likeness (QED) is 0.461. The Morgan fingerprint density at radius 3 is 2.67 bits per heavy atom. The number of halogens is 1. The standard InChI is InChI=1S/C18H18FN7O/c19-13-9-11(20)7-6-10(13)3-1-4-12-15(21)23-18-24-17(14-5-2-8-27-14)25-26(18)16(12)22/h2,5-9H,1,3-4,20,22H2,(H2,21,23,24,25). The number of hydrogen-bond acceptors (Lipinski definition) is 7. The molecule has 0 fully saturated rings. The number of nitrogen functional groups attached to an aromatic ring is 3. The monoisotopic (exact) mass is 367 g/mol. The molecule has 0 aliphatic carbocycles. The van der Waals surface area contributed by atoms with Crippen LogP contribution in [0.1, 0.15) is 17.5 Å². The second-order valence-corrected chi connectivity index (χ2v) is 6.19. The van der Waals surface area contributed by atoms with Crippen LogP contribution in [0.15, 0.2) is 41.0 Å². The third-order valence-corrected chi connectivity index (χ3v) is 4.35. The Bertz CT molecular complexity index is 1100. The molecule has 0 bridgehead atoms. The van der Waals surface area contributed by atoms with E-state index in [9.17, 15) is 4.39 Å². The molecule has 0 aliphatic heterocycles. The molecule has 8 nitrogen and oxygen atoms in total. The Labute approximate surface area is 153 Å². The fraction of sp³-hybridized carbons (Fsp3) is 0.167. The maximum absolute atomic E-state index is 13.9. The summed E-state index contributed by atoms with van der Waals surface area (Å²) in [6.07, 6.45) is 3.23. The third-order valence-electron chi connectivity index (χ3n) is 4.35. The lowest BCUT2D eigenvalue weighted by atomic mass is 10.0. The summed E-state index contributed by atoms with van der Waals surface area (Å²) in [6, 6.07) is 8.17. The van der Waals surface area contributed by atoms with Gasteiger partial charge in [-0.25, -0.2) is 4.39 Å². The van der Waals surface area contributed by atoms with Crippen LogP contribution in [0.2, 0.25) is 0 Å². The molecule has 1 aromatic carbocycles. The van der Waals surface area contributed by atoms with Crippen molar-refractivity contribution < 1.29 is 8.81 Å². The number of aromatic nitrogens is 4. The number of fused-ring (bicyclic) bond motifs is 1. The molecule has 0 radical (unpaired) electrons. The van der Waals surface area contributed by atoms with Crippen molar-refractivity contribution in [3.05, 3.63) is 53.5 Å². The molecule has 4 aromatic rings. The second-order valence-electron chi connectivity index (χ2n) is 6.19. The Morgan fingerprint density at radius 1 is 1.07 bits per heavy atom. The zero-order chi connectivity index (χ0) is 19.0. The van der Waals surface area contributed by atoms with Gasteiger partial charge in [0.15, 0.2) is 5.76 Å². The van der Waals surface area contributed by atoms with Crippen LogP contribution in [0.5, 0.6) is 0 Å². The molecule has 6 N–H and O–H groups in total. The summed E-state index contributed by atoms with van der Waals surface area (Å²) in [5.41, 5.74) is 19.5. The van der Waals surface area contributed by atoms with Gasteiger partial charge in [-0.15, -0.1) is 5.10 Å². The average Bonchev–Trinajstić information content (AvgIpc) is 3.28. The van der Waals surface area contributed by atoms with Gasteiger partial charge < -0.3 is 21.6 Å². The largest absolute Gasteiger partial charge is 0.461 e. The van der Waals surface area contributed by atoms with Crippen molar-refractivity contribution in [1.82, 2.24) is 19.6 Å². The lowest BCUT2D eigenvalue weighted by Gasteiger charge is -2.10. The van der Waals surface area contributed by atoms with Gasteiger partial charge in [0, 0.05) is 11.3 Å². The number of rotatable bonds is 5. The minimum atomic E-state index is -0.316. The molecule has 27 heavy (non-hydrogen) atoms. The van der Waals surface area contributed by atoms with E-state index >= 15 is 0 Å². The number of nitrogens with zero attached hydrogens (tertiary/aromatic N) is 4. The summed E-state index contributed by atoms with van der Waals surface area (Å²) in [7, 11) is 0. The van der Waals surface area contributed by atoms with Crippen LogP contribution in [0.3, 0.4) is 0 Å². The summed E-state index contributed by atoms with van der Waals surface area (Å²) in [5, 5.41) is 4.34. The topological polar surface area (TPSA) is 134 Å². The van der Waals surface area contributed by atoms with Crippen LogP contribution in [0.25, 0.3) is 17.4 Å². The minimum Gasteiger partial charge on any atom is -0.461 e. The molecule has 9 heteroatoms. The summed E-state index contributed by atoms with van der Waals surface area (Å²) in [4.78, 5) is 8.57. The fourth-order valence-corrected chi connectivity index (χ4v) is 2.96. The summed E-state index contributed by atoms with van der Waals surface area (Å²) < 4.78 is 20.6. The van der Waals surface area contributed by atoms with Crippen molar-refractivity contribution in [2.45, 2.75) is 19.3 Å². The van der Waals surface area contributed by atoms with Gasteiger partial charge in [0.2, 0.25) is 5.82 Å². The molecule has 0 atom stereocenters. The number of nitrogens with two attached hydrogens (primary N) is 3. The van der Waals surface area contributed by atoms with E-state index in [1.54, 1.807) is 24.3 Å². The molecule has 0 spiro atoms. The Balaban J connectivity index is 1.58. The molecule has 0 aliphatic rings. The molecule has 0 amide bonds. The first-order valence-electron chi connectivity index (χ1n) is 8.41. The summed E-state index contributed by atoms with van der Waals surface area (Å²) >= 11 is 0. The molecule has 4 rings (SSSR count). The first-order chi connectivity index (χ1) is 13.0. The first kappa shape index (κ1) is 16.8. The predicted molar refractivity (Wildman–Crippen MR) is 100 cm³/mol. The minimum absolute atomic E-state index is 0.288. The highest BCUT2D eigenvalue weighted by molar-refractivity contribution is 5.61. The average molecular weight is 367 g/mol. The Hall–Kier alpha value is -3.62. The maximum atomic E-state index is 13.9. The van der Waals surface area contributed by atoms with Crippen molar-refractivity contribution in [3.8, 4) is 11.6 Å². The molecular weight excluding hydrogens is 349 g/mol. The van der Waals surface area contributed by atoms with Gasteiger partial charge in [-0.05, 0) is 49.1 Å². The Kier molecular flexibility index (Phi) is 4.11. The van der Waals surface area contributed by atoms with Crippen molar-refractivity contribution in [2.24, 2.45) is 0 Å². The van der Waals surface area contributed by atoms with Crippen molar-refractivity contribution in [1.29, 1.82) is 0 Å².